The second-order valence-corrected chi connectivity index (χ2v) is 6.61. The van der Waals surface area contributed by atoms with Crippen molar-refractivity contribution in [3.63, 3.8) is 0 Å². The molecule has 7 heteroatoms. The fourth-order valence-electron chi connectivity index (χ4n) is 1.62. The third-order valence-electron chi connectivity index (χ3n) is 2.52. The zero-order chi connectivity index (χ0) is 14.4. The van der Waals surface area contributed by atoms with Crippen LogP contribution in [0.3, 0.4) is 0 Å². The van der Waals surface area contributed by atoms with Gasteiger partial charge in [0, 0.05) is 11.4 Å². The Balaban J connectivity index is 1.93. The van der Waals surface area contributed by atoms with Gasteiger partial charge in [0.1, 0.15) is 6.10 Å². The minimum Gasteiger partial charge on any atom is -0.394 e. The Morgan fingerprint density at radius 2 is 2.30 bits per heavy atom. The Labute approximate surface area is 130 Å². The zero-order valence-corrected chi connectivity index (χ0v) is 12.9. The monoisotopic (exact) mass is 331 g/mol. The molecule has 4 nitrogen and oxygen atoms in total. The van der Waals surface area contributed by atoms with Crippen molar-refractivity contribution in [3.05, 3.63) is 43.7 Å². The van der Waals surface area contributed by atoms with Crippen LogP contribution in [0.2, 0.25) is 4.34 Å². The van der Waals surface area contributed by atoms with Crippen LogP contribution in [-0.4, -0.2) is 30.8 Å². The number of carbonyl (C=O) groups excluding carboxylic acids is 1. The summed E-state index contributed by atoms with van der Waals surface area (Å²) in [6.07, 6.45) is -0.249. The van der Waals surface area contributed by atoms with Crippen molar-refractivity contribution in [3.8, 4) is 0 Å². The highest BCUT2D eigenvalue weighted by Gasteiger charge is 2.16. The summed E-state index contributed by atoms with van der Waals surface area (Å²) in [4.78, 5) is 13.5. The summed E-state index contributed by atoms with van der Waals surface area (Å²) >= 11 is 8.60. The third kappa shape index (κ3) is 4.29. The fourth-order valence-corrected chi connectivity index (χ4v) is 3.35. The van der Waals surface area contributed by atoms with Gasteiger partial charge in [0.2, 0.25) is 0 Å². The summed E-state index contributed by atoms with van der Waals surface area (Å²) in [7, 11) is 0. The summed E-state index contributed by atoms with van der Waals surface area (Å²) < 4.78 is 6.13. The van der Waals surface area contributed by atoms with E-state index in [0.29, 0.717) is 15.8 Å². The molecule has 20 heavy (non-hydrogen) atoms. The number of ether oxygens (including phenoxy) is 1. The maximum absolute atomic E-state index is 11.9. The summed E-state index contributed by atoms with van der Waals surface area (Å²) in [6, 6.07) is 7.26. The minimum absolute atomic E-state index is 0.0453. The van der Waals surface area contributed by atoms with Crippen molar-refractivity contribution in [1.82, 2.24) is 5.32 Å². The smallest absolute Gasteiger partial charge is 0.261 e. The first-order chi connectivity index (χ1) is 9.70. The van der Waals surface area contributed by atoms with E-state index in [4.69, 9.17) is 21.4 Å². The summed E-state index contributed by atoms with van der Waals surface area (Å²) in [5.41, 5.74) is 0. The van der Waals surface area contributed by atoms with Crippen LogP contribution in [0.5, 0.6) is 0 Å². The van der Waals surface area contributed by atoms with Crippen LogP contribution in [-0.2, 0) is 4.74 Å². The van der Waals surface area contributed by atoms with Crippen LogP contribution in [0, 0.1) is 0 Å². The van der Waals surface area contributed by atoms with E-state index in [9.17, 15) is 4.79 Å². The van der Waals surface area contributed by atoms with Crippen LogP contribution in [0.25, 0.3) is 0 Å². The zero-order valence-electron chi connectivity index (χ0n) is 10.5. The van der Waals surface area contributed by atoms with Gasteiger partial charge in [0.15, 0.2) is 0 Å². The van der Waals surface area contributed by atoms with E-state index in [1.807, 2.05) is 17.5 Å². The molecule has 0 radical (unpaired) electrons. The Kier molecular flexibility index (Phi) is 6.00. The number of aliphatic hydroxyl groups is 1. The number of rotatable bonds is 7. The van der Waals surface area contributed by atoms with E-state index in [1.54, 1.807) is 23.5 Å². The predicted octanol–water partition coefficient (Wildman–Crippen LogP) is 2.94. The summed E-state index contributed by atoms with van der Waals surface area (Å²) in [6.45, 7) is 0.550. The molecule has 0 saturated heterocycles. The van der Waals surface area contributed by atoms with Crippen molar-refractivity contribution in [2.24, 2.45) is 0 Å². The molecule has 108 valence electrons. The maximum atomic E-state index is 11.9. The molecule has 1 amide bonds. The topological polar surface area (TPSA) is 58.6 Å². The number of hydrogen-bond donors (Lipinski definition) is 2. The number of halogens is 1. The van der Waals surface area contributed by atoms with Crippen molar-refractivity contribution in [2.45, 2.75) is 6.10 Å². The standard InChI is InChI=1S/C13H14ClNO3S2/c14-12-4-3-11(20-12)13(17)15-8-9(18-6-5-16)10-2-1-7-19-10/h1-4,7,9,16H,5-6,8H2,(H,15,17)/t9-/m0/s1. The van der Waals surface area contributed by atoms with Gasteiger partial charge in [-0.05, 0) is 23.6 Å². The quantitative estimate of drug-likeness (QED) is 0.820. The van der Waals surface area contributed by atoms with Gasteiger partial charge in [-0.2, -0.15) is 0 Å². The molecule has 2 aromatic rings. The molecule has 0 spiro atoms. The van der Waals surface area contributed by atoms with Gasteiger partial charge < -0.3 is 15.2 Å². The molecule has 2 N–H and O–H groups in total. The number of aliphatic hydroxyl groups excluding tert-OH is 1. The van der Waals surface area contributed by atoms with E-state index in [1.165, 1.54) is 11.3 Å². The van der Waals surface area contributed by atoms with Gasteiger partial charge in [0.05, 0.1) is 22.4 Å². The van der Waals surface area contributed by atoms with Gasteiger partial charge >= 0.3 is 0 Å². The van der Waals surface area contributed by atoms with E-state index >= 15 is 0 Å². The van der Waals surface area contributed by atoms with Crippen LogP contribution in [0.4, 0.5) is 0 Å². The number of carbonyl (C=O) groups is 1. The molecule has 0 aromatic carbocycles. The maximum Gasteiger partial charge on any atom is 0.261 e. The molecule has 2 heterocycles. The third-order valence-corrected chi connectivity index (χ3v) is 4.71. The average Bonchev–Trinajstić information content (AvgIpc) is 3.10. The first kappa shape index (κ1) is 15.5. The Bertz CT molecular complexity index is 542. The highest BCUT2D eigenvalue weighted by atomic mass is 35.5. The lowest BCUT2D eigenvalue weighted by atomic mass is 10.3. The van der Waals surface area contributed by atoms with Crippen LogP contribution in [0.15, 0.2) is 29.6 Å². The molecule has 0 aliphatic rings. The minimum atomic E-state index is -0.249. The largest absolute Gasteiger partial charge is 0.394 e. The average molecular weight is 332 g/mol. The molecule has 2 rings (SSSR count). The van der Waals surface area contributed by atoms with E-state index in [-0.39, 0.29) is 25.2 Å². The van der Waals surface area contributed by atoms with Gasteiger partial charge in [-0.1, -0.05) is 17.7 Å². The molecule has 0 saturated carbocycles. The summed E-state index contributed by atoms with van der Waals surface area (Å²) in [5, 5.41) is 13.6. The first-order valence-electron chi connectivity index (χ1n) is 6.00. The van der Waals surface area contributed by atoms with Crippen LogP contribution < -0.4 is 5.32 Å². The molecule has 0 aliphatic heterocycles. The van der Waals surface area contributed by atoms with Crippen LogP contribution in [0.1, 0.15) is 20.7 Å². The Morgan fingerprint density at radius 1 is 1.45 bits per heavy atom. The first-order valence-corrected chi connectivity index (χ1v) is 8.07. The number of nitrogens with one attached hydrogen (secondary N) is 1. The van der Waals surface area contributed by atoms with E-state index in [2.05, 4.69) is 5.32 Å². The normalized spacial score (nSPS) is 12.3. The molecule has 0 fully saturated rings. The lowest BCUT2D eigenvalue weighted by Gasteiger charge is -2.16. The molecular formula is C13H14ClNO3S2. The lowest BCUT2D eigenvalue weighted by Crippen LogP contribution is -2.29. The number of amides is 1. The van der Waals surface area contributed by atoms with Gasteiger partial charge in [0.25, 0.3) is 5.91 Å². The highest BCUT2D eigenvalue weighted by molar-refractivity contribution is 7.18. The second kappa shape index (κ2) is 7.75. The number of hydrogen-bond acceptors (Lipinski definition) is 5. The van der Waals surface area contributed by atoms with E-state index < -0.39 is 0 Å². The second-order valence-electron chi connectivity index (χ2n) is 3.91. The molecule has 2 aromatic heterocycles. The highest BCUT2D eigenvalue weighted by Crippen LogP contribution is 2.23. The van der Waals surface area contributed by atoms with E-state index in [0.717, 1.165) is 4.88 Å². The van der Waals surface area contributed by atoms with Crippen LogP contribution >= 0.6 is 34.3 Å². The number of thiophene rings is 2. The fraction of sp³-hybridized carbons (Fsp3) is 0.308. The van der Waals surface area contributed by atoms with Gasteiger partial charge in [-0.3, -0.25) is 4.79 Å². The Morgan fingerprint density at radius 3 is 2.90 bits per heavy atom. The molecule has 0 unspecified atom stereocenters. The van der Waals surface area contributed by atoms with Crippen molar-refractivity contribution < 1.29 is 14.6 Å². The molecule has 0 bridgehead atoms. The van der Waals surface area contributed by atoms with Crippen molar-refractivity contribution in [2.75, 3.05) is 19.8 Å². The molecule has 1 atom stereocenters. The molecular weight excluding hydrogens is 318 g/mol. The van der Waals surface area contributed by atoms with Gasteiger partial charge in [-0.15, -0.1) is 22.7 Å². The lowest BCUT2D eigenvalue weighted by molar-refractivity contribution is 0.0296. The SMILES string of the molecule is O=C(NC[C@H](OCCO)c1cccs1)c1ccc(Cl)s1. The van der Waals surface area contributed by atoms with Gasteiger partial charge in [-0.25, -0.2) is 0 Å². The Hall–Kier alpha value is -0.920. The van der Waals surface area contributed by atoms with Crippen molar-refractivity contribution in [1.29, 1.82) is 0 Å². The molecule has 0 aliphatic carbocycles. The summed E-state index contributed by atoms with van der Waals surface area (Å²) in [5.74, 6) is -0.170. The predicted molar refractivity (Wildman–Crippen MR) is 81.8 cm³/mol. The van der Waals surface area contributed by atoms with Crippen molar-refractivity contribution >= 4 is 40.2 Å².